The fourth-order valence-corrected chi connectivity index (χ4v) is 4.39. The number of rotatable bonds is 8. The second-order valence-corrected chi connectivity index (χ2v) is 8.12. The normalized spacial score (nSPS) is 11.0. The number of hydrogen-bond donors (Lipinski definition) is 1. The summed E-state index contributed by atoms with van der Waals surface area (Å²) in [5.74, 6) is 2.08. The smallest absolute Gasteiger partial charge is 0.234 e. The van der Waals surface area contributed by atoms with Crippen molar-refractivity contribution in [2.45, 2.75) is 25.4 Å². The molecule has 0 saturated carbocycles. The minimum absolute atomic E-state index is 0.140. The first kappa shape index (κ1) is 21.8. The van der Waals surface area contributed by atoms with Crippen molar-refractivity contribution in [3.05, 3.63) is 59.9 Å². The highest BCUT2D eigenvalue weighted by molar-refractivity contribution is 8.00. The van der Waals surface area contributed by atoms with Gasteiger partial charge in [0.1, 0.15) is 22.8 Å². The molecule has 0 fully saturated rings. The number of anilines is 1. The molecule has 32 heavy (non-hydrogen) atoms. The number of amides is 1. The van der Waals surface area contributed by atoms with Gasteiger partial charge in [0.15, 0.2) is 11.5 Å². The maximum absolute atomic E-state index is 12.6. The third-order valence-corrected chi connectivity index (χ3v) is 6.26. The van der Waals surface area contributed by atoms with Crippen LogP contribution in [0.3, 0.4) is 0 Å². The summed E-state index contributed by atoms with van der Waals surface area (Å²) < 4.78 is 18.1. The molecule has 4 rings (SSSR count). The number of ether oxygens (including phenoxy) is 2. The maximum atomic E-state index is 12.6. The van der Waals surface area contributed by atoms with E-state index in [1.165, 1.54) is 18.1 Å². The highest BCUT2D eigenvalue weighted by Crippen LogP contribution is 2.32. The van der Waals surface area contributed by atoms with Gasteiger partial charge in [0.05, 0.1) is 38.2 Å². The number of methoxy groups -OCH3 is 2. The summed E-state index contributed by atoms with van der Waals surface area (Å²) in [4.78, 5) is 21.5. The zero-order valence-corrected chi connectivity index (χ0v) is 19.2. The molecule has 1 aromatic carbocycles. The Morgan fingerprint density at radius 1 is 1.16 bits per heavy atom. The summed E-state index contributed by atoms with van der Waals surface area (Å²) in [7, 11) is 3.13. The third kappa shape index (κ3) is 4.29. The Labute approximate surface area is 189 Å². The molecule has 4 aromatic rings. The number of fused-ring (bicyclic) bond motifs is 1. The molecule has 9 heteroatoms. The zero-order valence-electron chi connectivity index (χ0n) is 18.3. The van der Waals surface area contributed by atoms with Gasteiger partial charge in [0.25, 0.3) is 0 Å². The summed E-state index contributed by atoms with van der Waals surface area (Å²) in [5.41, 5.74) is 3.65. The van der Waals surface area contributed by atoms with E-state index in [1.54, 1.807) is 38.7 Å². The van der Waals surface area contributed by atoms with Gasteiger partial charge in [-0.2, -0.15) is 0 Å². The number of hydrogen-bond acceptors (Lipinski definition) is 7. The molecule has 3 aromatic heterocycles. The molecule has 0 radical (unpaired) electrons. The van der Waals surface area contributed by atoms with Crippen LogP contribution in [0.5, 0.6) is 11.5 Å². The van der Waals surface area contributed by atoms with Crippen LogP contribution in [-0.4, -0.2) is 40.4 Å². The van der Waals surface area contributed by atoms with Crippen molar-refractivity contribution in [1.82, 2.24) is 14.5 Å². The highest BCUT2D eigenvalue weighted by atomic mass is 32.2. The van der Waals surface area contributed by atoms with E-state index in [9.17, 15) is 4.79 Å². The van der Waals surface area contributed by atoms with Crippen LogP contribution in [0.2, 0.25) is 0 Å². The fraction of sp³-hybridized carbons (Fsp3) is 0.261. The highest BCUT2D eigenvalue weighted by Gasteiger charge is 2.18. The van der Waals surface area contributed by atoms with E-state index in [4.69, 9.17) is 13.9 Å². The Morgan fingerprint density at radius 2 is 1.97 bits per heavy atom. The van der Waals surface area contributed by atoms with Gasteiger partial charge in [-0.05, 0) is 43.7 Å². The first-order chi connectivity index (χ1) is 15.5. The van der Waals surface area contributed by atoms with Crippen molar-refractivity contribution in [2.24, 2.45) is 0 Å². The van der Waals surface area contributed by atoms with E-state index in [0.29, 0.717) is 23.7 Å². The van der Waals surface area contributed by atoms with E-state index in [2.05, 4.69) is 26.8 Å². The van der Waals surface area contributed by atoms with Crippen LogP contribution in [0.1, 0.15) is 17.0 Å². The number of nitrogens with one attached hydrogen (secondary N) is 1. The average Bonchev–Trinajstić information content (AvgIpc) is 3.40. The largest absolute Gasteiger partial charge is 0.493 e. The van der Waals surface area contributed by atoms with Crippen molar-refractivity contribution in [3.8, 4) is 11.5 Å². The van der Waals surface area contributed by atoms with Gasteiger partial charge in [0, 0.05) is 17.4 Å². The monoisotopic (exact) mass is 452 g/mol. The number of carbonyl (C=O) groups excluding carboxylic acids is 1. The molecule has 0 bridgehead atoms. The molecular formula is C23H24N4O4S. The number of benzene rings is 1. The molecule has 166 valence electrons. The van der Waals surface area contributed by atoms with Crippen LogP contribution in [-0.2, 0) is 11.3 Å². The van der Waals surface area contributed by atoms with Crippen LogP contribution in [0, 0.1) is 13.8 Å². The van der Waals surface area contributed by atoms with E-state index in [0.717, 1.165) is 33.1 Å². The fourth-order valence-electron chi connectivity index (χ4n) is 3.54. The van der Waals surface area contributed by atoms with Crippen LogP contribution < -0.4 is 14.8 Å². The first-order valence-corrected chi connectivity index (χ1v) is 11.0. The Bertz CT molecular complexity index is 1250. The third-order valence-electron chi connectivity index (χ3n) is 5.27. The van der Waals surface area contributed by atoms with Gasteiger partial charge in [-0.15, -0.1) is 0 Å². The van der Waals surface area contributed by atoms with Gasteiger partial charge in [0.2, 0.25) is 5.91 Å². The van der Waals surface area contributed by atoms with Crippen LogP contribution >= 0.6 is 11.8 Å². The zero-order chi connectivity index (χ0) is 22.7. The molecule has 0 aliphatic heterocycles. The molecule has 1 N–H and O–H groups in total. The SMILES string of the molecule is COc1ccc(NC(=O)CSc2ncnc3c2c(C)c(C)n3Cc2ccco2)cc1OC. The van der Waals surface area contributed by atoms with E-state index in [1.807, 2.05) is 19.1 Å². The van der Waals surface area contributed by atoms with Gasteiger partial charge < -0.3 is 23.8 Å². The molecule has 0 spiro atoms. The van der Waals surface area contributed by atoms with Crippen molar-refractivity contribution in [1.29, 1.82) is 0 Å². The van der Waals surface area contributed by atoms with Gasteiger partial charge in [-0.1, -0.05) is 11.8 Å². The molecule has 0 atom stereocenters. The number of furan rings is 1. The molecule has 8 nitrogen and oxygen atoms in total. The summed E-state index contributed by atoms with van der Waals surface area (Å²) >= 11 is 1.38. The average molecular weight is 453 g/mol. The predicted octanol–water partition coefficient (Wildman–Crippen LogP) is 4.44. The lowest BCUT2D eigenvalue weighted by Gasteiger charge is -2.10. The second kappa shape index (κ2) is 9.35. The van der Waals surface area contributed by atoms with E-state index >= 15 is 0 Å². The van der Waals surface area contributed by atoms with Gasteiger partial charge in [-0.3, -0.25) is 4.79 Å². The lowest BCUT2D eigenvalue weighted by Crippen LogP contribution is -2.14. The van der Waals surface area contributed by atoms with E-state index < -0.39 is 0 Å². The van der Waals surface area contributed by atoms with Crippen molar-refractivity contribution < 1.29 is 18.7 Å². The minimum Gasteiger partial charge on any atom is -0.493 e. The Balaban J connectivity index is 1.52. The van der Waals surface area contributed by atoms with Gasteiger partial charge >= 0.3 is 0 Å². The van der Waals surface area contributed by atoms with Crippen molar-refractivity contribution >= 4 is 34.4 Å². The number of thioether (sulfide) groups is 1. The lowest BCUT2D eigenvalue weighted by molar-refractivity contribution is -0.113. The Morgan fingerprint density at radius 3 is 2.69 bits per heavy atom. The first-order valence-electron chi connectivity index (χ1n) is 9.99. The summed E-state index contributed by atoms with van der Waals surface area (Å²) in [5, 5.41) is 4.62. The molecular weight excluding hydrogens is 428 g/mol. The molecule has 0 unspecified atom stereocenters. The summed E-state index contributed by atoms with van der Waals surface area (Å²) in [6, 6.07) is 9.07. The summed E-state index contributed by atoms with van der Waals surface area (Å²) in [6.45, 7) is 4.69. The molecule has 0 aliphatic rings. The Hall–Kier alpha value is -3.46. The molecule has 1 amide bonds. The van der Waals surface area contributed by atoms with Crippen LogP contribution in [0.4, 0.5) is 5.69 Å². The van der Waals surface area contributed by atoms with Crippen LogP contribution in [0.15, 0.2) is 52.4 Å². The molecule has 3 heterocycles. The van der Waals surface area contributed by atoms with Crippen LogP contribution in [0.25, 0.3) is 11.0 Å². The predicted molar refractivity (Wildman–Crippen MR) is 124 cm³/mol. The standard InChI is InChI=1S/C23H24N4O4S/c1-14-15(2)27(11-17-6-5-9-31-17)22-21(14)23(25-13-24-22)32-12-20(28)26-16-7-8-18(29-3)19(10-16)30-4/h5-10,13H,11-12H2,1-4H3,(H,26,28). The van der Waals surface area contributed by atoms with E-state index in [-0.39, 0.29) is 11.7 Å². The summed E-state index contributed by atoms with van der Waals surface area (Å²) in [6.07, 6.45) is 3.20. The Kier molecular flexibility index (Phi) is 6.36. The number of aryl methyl sites for hydroxylation is 1. The topological polar surface area (TPSA) is 91.4 Å². The second-order valence-electron chi connectivity index (χ2n) is 7.16. The number of carbonyl (C=O) groups is 1. The lowest BCUT2D eigenvalue weighted by atomic mass is 10.2. The molecule has 0 saturated heterocycles. The van der Waals surface area contributed by atoms with Crippen molar-refractivity contribution in [3.63, 3.8) is 0 Å². The number of aromatic nitrogens is 3. The van der Waals surface area contributed by atoms with Crippen molar-refractivity contribution in [2.75, 3.05) is 25.3 Å². The van der Waals surface area contributed by atoms with Gasteiger partial charge in [-0.25, -0.2) is 9.97 Å². The maximum Gasteiger partial charge on any atom is 0.234 e. The minimum atomic E-state index is -0.140. The quantitative estimate of drug-likeness (QED) is 0.312. The number of nitrogens with zero attached hydrogens (tertiary/aromatic N) is 3. The molecule has 0 aliphatic carbocycles.